The molecule has 0 aliphatic heterocycles. The average Bonchev–Trinajstić information content (AvgIpc) is 2.61. The van der Waals surface area contributed by atoms with Crippen LogP contribution in [0.15, 0.2) is 35.7 Å². The summed E-state index contributed by atoms with van der Waals surface area (Å²) in [5.74, 6) is -0.417. The van der Waals surface area contributed by atoms with Crippen LogP contribution in [0.2, 0.25) is 0 Å². The fourth-order valence-corrected chi connectivity index (χ4v) is 2.22. The fraction of sp³-hybridized carbons (Fsp3) is 0. The second-order valence-corrected chi connectivity index (χ2v) is 3.93. The molecule has 0 fully saturated rings. The van der Waals surface area contributed by atoms with Gasteiger partial charge in [-0.05, 0) is 5.56 Å². The lowest BCUT2D eigenvalue weighted by Gasteiger charge is -2.01. The molecule has 1 aromatic carbocycles. The van der Waals surface area contributed by atoms with E-state index >= 15 is 0 Å². The van der Waals surface area contributed by atoms with Crippen LogP contribution in [0.4, 0.5) is 0 Å². The molecule has 76 valence electrons. The van der Waals surface area contributed by atoms with Crippen molar-refractivity contribution in [3.8, 4) is 16.9 Å². The number of thiophene rings is 1. The molecule has 0 radical (unpaired) electrons. The van der Waals surface area contributed by atoms with E-state index in [1.54, 1.807) is 0 Å². The first-order chi connectivity index (χ1) is 7.20. The molecule has 0 unspecified atom stereocenters. The minimum Gasteiger partial charge on any atom is -0.506 e. The highest BCUT2D eigenvalue weighted by Gasteiger charge is 2.16. The number of hydrogen-bond acceptors (Lipinski definition) is 3. The number of primary amides is 1. The highest BCUT2D eigenvalue weighted by molar-refractivity contribution is 7.13. The molecule has 15 heavy (non-hydrogen) atoms. The van der Waals surface area contributed by atoms with Crippen LogP contribution in [0.3, 0.4) is 0 Å². The Labute approximate surface area is 90.8 Å². The van der Waals surface area contributed by atoms with Crippen molar-refractivity contribution < 1.29 is 9.90 Å². The molecule has 0 aliphatic carbocycles. The molecule has 3 N–H and O–H groups in total. The summed E-state index contributed by atoms with van der Waals surface area (Å²) in [6.45, 7) is 0. The van der Waals surface area contributed by atoms with Crippen molar-refractivity contribution in [2.75, 3.05) is 0 Å². The normalized spacial score (nSPS) is 10.1. The summed E-state index contributed by atoms with van der Waals surface area (Å²) >= 11 is 1.15. The molecular formula is C11H9NO2S. The van der Waals surface area contributed by atoms with Gasteiger partial charge in [-0.1, -0.05) is 30.3 Å². The minimum atomic E-state index is -0.515. The predicted octanol–water partition coefficient (Wildman–Crippen LogP) is 2.22. The highest BCUT2D eigenvalue weighted by Crippen LogP contribution is 2.37. The summed E-state index contributed by atoms with van der Waals surface area (Å²) in [6.07, 6.45) is 0. The first kappa shape index (κ1) is 9.73. The molecule has 0 spiro atoms. The Hall–Kier alpha value is -1.81. The average molecular weight is 219 g/mol. The van der Waals surface area contributed by atoms with E-state index in [0.29, 0.717) is 10.4 Å². The van der Waals surface area contributed by atoms with Crippen LogP contribution in [-0.2, 0) is 0 Å². The number of aromatic hydroxyl groups is 1. The van der Waals surface area contributed by atoms with Gasteiger partial charge in [0.05, 0.1) is 0 Å². The molecule has 0 saturated carbocycles. The van der Waals surface area contributed by atoms with Crippen molar-refractivity contribution in [1.82, 2.24) is 0 Å². The van der Waals surface area contributed by atoms with Crippen molar-refractivity contribution in [2.24, 2.45) is 5.73 Å². The van der Waals surface area contributed by atoms with Crippen LogP contribution in [0.25, 0.3) is 11.1 Å². The van der Waals surface area contributed by atoms with Crippen LogP contribution >= 0.6 is 11.3 Å². The summed E-state index contributed by atoms with van der Waals surface area (Å²) < 4.78 is 0. The number of rotatable bonds is 2. The Morgan fingerprint density at radius 3 is 2.53 bits per heavy atom. The fourth-order valence-electron chi connectivity index (χ4n) is 1.41. The second kappa shape index (κ2) is 3.74. The van der Waals surface area contributed by atoms with Gasteiger partial charge >= 0.3 is 0 Å². The Kier molecular flexibility index (Phi) is 2.43. The van der Waals surface area contributed by atoms with E-state index < -0.39 is 5.91 Å². The van der Waals surface area contributed by atoms with Gasteiger partial charge in [-0.25, -0.2) is 0 Å². The van der Waals surface area contributed by atoms with Gasteiger partial charge in [0.15, 0.2) is 0 Å². The van der Waals surface area contributed by atoms with Gasteiger partial charge in [-0.2, -0.15) is 0 Å². The van der Waals surface area contributed by atoms with Crippen LogP contribution in [0, 0.1) is 0 Å². The van der Waals surface area contributed by atoms with Gasteiger partial charge in [0.2, 0.25) is 0 Å². The lowest BCUT2D eigenvalue weighted by atomic mass is 10.1. The Bertz CT molecular complexity index is 491. The topological polar surface area (TPSA) is 63.3 Å². The number of carbonyl (C=O) groups is 1. The third-order valence-electron chi connectivity index (χ3n) is 2.06. The van der Waals surface area contributed by atoms with E-state index in [1.807, 2.05) is 30.3 Å². The summed E-state index contributed by atoms with van der Waals surface area (Å²) in [6, 6.07) is 9.22. The van der Waals surface area contributed by atoms with E-state index in [-0.39, 0.29) is 5.75 Å². The monoisotopic (exact) mass is 219 g/mol. The first-order valence-corrected chi connectivity index (χ1v) is 5.24. The van der Waals surface area contributed by atoms with Gasteiger partial charge in [0.25, 0.3) is 5.91 Å². The van der Waals surface area contributed by atoms with Crippen molar-refractivity contribution in [2.45, 2.75) is 0 Å². The van der Waals surface area contributed by atoms with Crippen molar-refractivity contribution in [3.05, 3.63) is 40.6 Å². The van der Waals surface area contributed by atoms with E-state index in [9.17, 15) is 9.90 Å². The van der Waals surface area contributed by atoms with E-state index in [1.165, 1.54) is 5.38 Å². The zero-order valence-electron chi connectivity index (χ0n) is 7.81. The highest BCUT2D eigenvalue weighted by atomic mass is 32.1. The summed E-state index contributed by atoms with van der Waals surface area (Å²) in [5, 5.41) is 11.2. The number of carbonyl (C=O) groups excluding carboxylic acids is 1. The summed E-state index contributed by atoms with van der Waals surface area (Å²) in [4.78, 5) is 11.5. The lowest BCUT2D eigenvalue weighted by molar-refractivity contribution is 0.100. The van der Waals surface area contributed by atoms with Gasteiger partial charge in [-0.3, -0.25) is 4.79 Å². The maximum atomic E-state index is 11.1. The Balaban J connectivity index is 2.62. The predicted molar refractivity (Wildman–Crippen MR) is 59.9 cm³/mol. The third kappa shape index (κ3) is 1.71. The zero-order chi connectivity index (χ0) is 10.8. The van der Waals surface area contributed by atoms with Crippen LogP contribution < -0.4 is 5.73 Å². The summed E-state index contributed by atoms with van der Waals surface area (Å²) in [5.41, 5.74) is 6.54. The van der Waals surface area contributed by atoms with Gasteiger partial charge in [0, 0.05) is 10.9 Å². The van der Waals surface area contributed by atoms with E-state index in [0.717, 1.165) is 16.9 Å². The molecule has 1 aromatic heterocycles. The smallest absolute Gasteiger partial charge is 0.259 e. The minimum absolute atomic E-state index is 0.0972. The molecule has 0 saturated heterocycles. The standard InChI is InChI=1S/C11H9NO2S/c12-11(14)10-9(8(13)6-15-10)7-4-2-1-3-5-7/h1-6,13H,(H2,12,14). The van der Waals surface area contributed by atoms with Crippen molar-refractivity contribution >= 4 is 17.2 Å². The van der Waals surface area contributed by atoms with Crippen LogP contribution in [-0.4, -0.2) is 11.0 Å². The molecule has 2 rings (SSSR count). The molecule has 0 aliphatic rings. The Morgan fingerprint density at radius 2 is 1.93 bits per heavy atom. The third-order valence-corrected chi connectivity index (χ3v) is 3.04. The van der Waals surface area contributed by atoms with Gasteiger partial charge in [0.1, 0.15) is 10.6 Å². The Morgan fingerprint density at radius 1 is 1.27 bits per heavy atom. The number of nitrogens with two attached hydrogens (primary N) is 1. The van der Waals surface area contributed by atoms with Crippen molar-refractivity contribution in [1.29, 1.82) is 0 Å². The molecule has 1 heterocycles. The molecule has 3 nitrogen and oxygen atoms in total. The molecule has 1 amide bonds. The zero-order valence-corrected chi connectivity index (χ0v) is 8.62. The number of amides is 1. The number of benzene rings is 1. The second-order valence-electron chi connectivity index (χ2n) is 3.06. The molecule has 4 heteroatoms. The van der Waals surface area contributed by atoms with E-state index in [2.05, 4.69) is 0 Å². The summed E-state index contributed by atoms with van der Waals surface area (Å²) in [7, 11) is 0. The van der Waals surface area contributed by atoms with Crippen LogP contribution in [0.5, 0.6) is 5.75 Å². The molecule has 0 atom stereocenters. The SMILES string of the molecule is NC(=O)c1scc(O)c1-c1ccccc1. The van der Waals surface area contributed by atoms with E-state index in [4.69, 9.17) is 5.73 Å². The molecule has 2 aromatic rings. The quantitative estimate of drug-likeness (QED) is 0.813. The lowest BCUT2D eigenvalue weighted by Crippen LogP contribution is -2.09. The maximum absolute atomic E-state index is 11.1. The van der Waals surface area contributed by atoms with Crippen molar-refractivity contribution in [3.63, 3.8) is 0 Å². The van der Waals surface area contributed by atoms with Crippen LogP contribution in [0.1, 0.15) is 9.67 Å². The molecular weight excluding hydrogens is 210 g/mol. The largest absolute Gasteiger partial charge is 0.506 e. The van der Waals surface area contributed by atoms with Gasteiger partial charge in [-0.15, -0.1) is 11.3 Å². The number of hydrogen-bond donors (Lipinski definition) is 2. The molecule has 0 bridgehead atoms. The van der Waals surface area contributed by atoms with Gasteiger partial charge < -0.3 is 10.8 Å². The maximum Gasteiger partial charge on any atom is 0.259 e. The first-order valence-electron chi connectivity index (χ1n) is 4.36.